The highest BCUT2D eigenvalue weighted by atomic mass is 32.1. The Morgan fingerprint density at radius 1 is 1.17 bits per heavy atom. The average molecular weight is 527 g/mol. The van der Waals surface area contributed by atoms with Gasteiger partial charge in [0.15, 0.2) is 0 Å². The maximum Gasteiger partial charge on any atom is 0.433 e. The van der Waals surface area contributed by atoms with Gasteiger partial charge < -0.3 is 11.1 Å². The molecule has 190 valence electrons. The third-order valence-corrected chi connectivity index (χ3v) is 6.28. The Labute approximate surface area is 203 Å². The Morgan fingerprint density at radius 3 is 2.42 bits per heavy atom. The highest BCUT2D eigenvalue weighted by Gasteiger charge is 2.36. The van der Waals surface area contributed by atoms with Crippen molar-refractivity contribution in [2.24, 2.45) is 12.8 Å². The molecule has 15 heteroatoms. The van der Waals surface area contributed by atoms with E-state index >= 15 is 0 Å². The van der Waals surface area contributed by atoms with Crippen molar-refractivity contribution >= 4 is 39.1 Å². The zero-order valence-electron chi connectivity index (χ0n) is 18.9. The number of carbonyl (C=O) groups is 2. The first-order chi connectivity index (χ1) is 16.8. The van der Waals surface area contributed by atoms with Gasteiger partial charge in [-0.05, 0) is 31.5 Å². The Bertz CT molecular complexity index is 1500. The van der Waals surface area contributed by atoms with Gasteiger partial charge in [0.1, 0.15) is 27.6 Å². The van der Waals surface area contributed by atoms with Crippen molar-refractivity contribution in [2.75, 3.05) is 5.32 Å². The van der Waals surface area contributed by atoms with Crippen molar-refractivity contribution in [2.45, 2.75) is 33.0 Å². The van der Waals surface area contributed by atoms with Gasteiger partial charge in [-0.25, -0.2) is 13.8 Å². The summed E-state index contributed by atoms with van der Waals surface area (Å²) in [4.78, 5) is 28.7. The number of anilines is 1. The molecule has 0 fully saturated rings. The Morgan fingerprint density at radius 2 is 1.86 bits per heavy atom. The van der Waals surface area contributed by atoms with Crippen molar-refractivity contribution in [3.8, 4) is 11.1 Å². The molecule has 2 amide bonds. The number of aryl methyl sites for hydroxylation is 3. The smallest absolute Gasteiger partial charge is 0.365 e. The second-order valence-electron chi connectivity index (χ2n) is 7.92. The minimum absolute atomic E-state index is 0.0129. The van der Waals surface area contributed by atoms with Crippen LogP contribution >= 0.6 is 11.3 Å². The number of hydrogen-bond acceptors (Lipinski definition) is 6. The Hall–Kier alpha value is -3.88. The lowest BCUT2D eigenvalue weighted by Crippen LogP contribution is -2.24. The minimum Gasteiger partial charge on any atom is -0.365 e. The fourth-order valence-corrected chi connectivity index (χ4v) is 4.82. The van der Waals surface area contributed by atoms with E-state index in [4.69, 9.17) is 5.73 Å². The predicted octanol–water partition coefficient (Wildman–Crippen LogP) is 4.20. The van der Waals surface area contributed by atoms with Gasteiger partial charge in [-0.2, -0.15) is 23.4 Å². The molecule has 9 nitrogen and oxygen atoms in total. The molecule has 0 aliphatic heterocycles. The van der Waals surface area contributed by atoms with Crippen LogP contribution in [0.3, 0.4) is 0 Å². The van der Waals surface area contributed by atoms with Gasteiger partial charge in [0, 0.05) is 24.2 Å². The third kappa shape index (κ3) is 4.65. The van der Waals surface area contributed by atoms with Gasteiger partial charge in [0.05, 0.1) is 17.1 Å². The van der Waals surface area contributed by atoms with E-state index in [2.05, 4.69) is 20.5 Å². The van der Waals surface area contributed by atoms with E-state index in [1.807, 2.05) is 0 Å². The summed E-state index contributed by atoms with van der Waals surface area (Å²) in [7, 11) is 1.62. The van der Waals surface area contributed by atoms with Crippen LogP contribution in [0.25, 0.3) is 21.3 Å². The molecule has 0 saturated carbocycles. The van der Waals surface area contributed by atoms with Crippen LogP contribution in [0.2, 0.25) is 0 Å². The zero-order chi connectivity index (χ0) is 26.5. The number of aromatic nitrogens is 5. The number of nitrogens with two attached hydrogens (primary N) is 1. The lowest BCUT2D eigenvalue weighted by Gasteiger charge is -2.12. The Kier molecular flexibility index (Phi) is 6.28. The highest BCUT2D eigenvalue weighted by Crippen LogP contribution is 2.43. The van der Waals surface area contributed by atoms with Crippen LogP contribution in [0.4, 0.5) is 27.6 Å². The predicted molar refractivity (Wildman–Crippen MR) is 121 cm³/mol. The summed E-state index contributed by atoms with van der Waals surface area (Å²) in [6.07, 6.45) is -6.13. The summed E-state index contributed by atoms with van der Waals surface area (Å²) in [5.74, 6) is -1.93. The molecular formula is C21H18F5N7O2S. The number of nitrogens with zero attached hydrogens (tertiary/aromatic N) is 5. The molecule has 4 aromatic heterocycles. The molecule has 0 aromatic carbocycles. The molecule has 4 heterocycles. The topological polar surface area (TPSA) is 121 Å². The number of alkyl halides is 5. The van der Waals surface area contributed by atoms with Gasteiger partial charge in [-0.3, -0.25) is 19.0 Å². The van der Waals surface area contributed by atoms with Gasteiger partial charge >= 0.3 is 6.18 Å². The normalized spacial score (nSPS) is 12.0. The molecule has 0 aliphatic carbocycles. The maximum absolute atomic E-state index is 13.6. The zero-order valence-corrected chi connectivity index (χ0v) is 19.8. The third-order valence-electron chi connectivity index (χ3n) is 5.18. The molecule has 0 unspecified atom stereocenters. The first-order valence-corrected chi connectivity index (χ1v) is 11.1. The minimum atomic E-state index is -4.75. The number of pyridine rings is 1. The highest BCUT2D eigenvalue weighted by molar-refractivity contribution is 7.21. The molecule has 0 radical (unpaired) electrons. The largest absolute Gasteiger partial charge is 0.433 e. The molecule has 4 rings (SSSR count). The van der Waals surface area contributed by atoms with Crippen LogP contribution in [0.15, 0.2) is 18.3 Å². The van der Waals surface area contributed by atoms with Crippen molar-refractivity contribution in [3.05, 3.63) is 46.0 Å². The molecule has 0 bridgehead atoms. The standard InChI is InChI=1S/C21H18F5N7O2S/c1-8-4-13(21(24,25)26)33(30-8)7-14(34)29-16-15-10(11-6-32(3)31-9(11)2)5-12(18(22)23)28-20(15)36-17(16)19(27)35/h4-6,18H,7H2,1-3H3,(H2,27,35)(H,29,34). The average Bonchev–Trinajstić information content (AvgIpc) is 3.41. The second-order valence-corrected chi connectivity index (χ2v) is 8.92. The summed E-state index contributed by atoms with van der Waals surface area (Å²) < 4.78 is 69.1. The van der Waals surface area contributed by atoms with Crippen LogP contribution in [-0.4, -0.2) is 36.4 Å². The number of nitrogens with one attached hydrogen (secondary N) is 1. The van der Waals surface area contributed by atoms with E-state index in [0.717, 1.165) is 12.1 Å². The van der Waals surface area contributed by atoms with E-state index < -0.39 is 42.3 Å². The van der Waals surface area contributed by atoms with Crippen LogP contribution in [0, 0.1) is 13.8 Å². The summed E-state index contributed by atoms with van der Waals surface area (Å²) in [5, 5.41) is 10.5. The fraction of sp³-hybridized carbons (Fsp3) is 0.286. The maximum atomic E-state index is 13.6. The van der Waals surface area contributed by atoms with E-state index in [-0.39, 0.29) is 32.0 Å². The molecule has 36 heavy (non-hydrogen) atoms. The number of hydrogen-bond donors (Lipinski definition) is 2. The van der Waals surface area contributed by atoms with Gasteiger partial charge in [0.2, 0.25) is 5.91 Å². The monoisotopic (exact) mass is 527 g/mol. The molecule has 0 atom stereocenters. The SMILES string of the molecule is Cc1cc(C(F)(F)F)n(CC(=O)Nc2c(C(N)=O)sc3nc(C(F)F)cc(-c4cn(C)nc4C)c23)n1. The quantitative estimate of drug-likeness (QED) is 0.364. The number of primary amides is 1. The fourth-order valence-electron chi connectivity index (χ4n) is 3.81. The van der Waals surface area contributed by atoms with Gasteiger partial charge in [-0.1, -0.05) is 0 Å². The Balaban J connectivity index is 1.86. The number of rotatable bonds is 6. The van der Waals surface area contributed by atoms with Crippen molar-refractivity contribution in [3.63, 3.8) is 0 Å². The molecule has 4 aromatic rings. The number of fused-ring (bicyclic) bond motifs is 1. The van der Waals surface area contributed by atoms with Gasteiger partial charge in [0.25, 0.3) is 12.3 Å². The first kappa shape index (κ1) is 25.2. The van der Waals surface area contributed by atoms with Crippen molar-refractivity contribution in [1.82, 2.24) is 24.5 Å². The molecule has 0 spiro atoms. The lowest BCUT2D eigenvalue weighted by atomic mass is 10.0. The van der Waals surface area contributed by atoms with Gasteiger partial charge in [-0.15, -0.1) is 11.3 Å². The summed E-state index contributed by atoms with van der Waals surface area (Å²) in [6, 6.07) is 1.91. The van der Waals surface area contributed by atoms with Crippen LogP contribution in [0.1, 0.15) is 38.9 Å². The van der Waals surface area contributed by atoms with Crippen molar-refractivity contribution < 1.29 is 31.5 Å². The van der Waals surface area contributed by atoms with Crippen LogP contribution in [0.5, 0.6) is 0 Å². The van der Waals surface area contributed by atoms with E-state index in [0.29, 0.717) is 27.3 Å². The molecule has 3 N–H and O–H groups in total. The van der Waals surface area contributed by atoms with E-state index in [1.165, 1.54) is 11.6 Å². The first-order valence-electron chi connectivity index (χ1n) is 10.2. The number of carbonyl (C=O) groups excluding carboxylic acids is 2. The summed E-state index contributed by atoms with van der Waals surface area (Å²) in [5.41, 5.74) is 4.78. The van der Waals surface area contributed by atoms with E-state index in [1.54, 1.807) is 20.2 Å². The molecular weight excluding hydrogens is 509 g/mol. The summed E-state index contributed by atoms with van der Waals surface area (Å²) >= 11 is 0.682. The number of amides is 2. The number of halogens is 5. The van der Waals surface area contributed by atoms with E-state index in [9.17, 15) is 31.5 Å². The molecule has 0 saturated heterocycles. The lowest BCUT2D eigenvalue weighted by molar-refractivity contribution is -0.144. The number of thiophene rings is 1. The molecule has 0 aliphatic rings. The summed E-state index contributed by atoms with van der Waals surface area (Å²) in [6.45, 7) is 2.15. The van der Waals surface area contributed by atoms with Crippen LogP contribution < -0.4 is 11.1 Å². The van der Waals surface area contributed by atoms with Crippen LogP contribution in [-0.2, 0) is 24.6 Å². The second kappa shape index (κ2) is 8.96. The van der Waals surface area contributed by atoms with Crippen molar-refractivity contribution in [1.29, 1.82) is 0 Å².